The highest BCUT2D eigenvalue weighted by molar-refractivity contribution is 6.04. The van der Waals surface area contributed by atoms with Gasteiger partial charge >= 0.3 is 11.9 Å². The van der Waals surface area contributed by atoms with Crippen LogP contribution < -0.4 is 25.4 Å². The van der Waals surface area contributed by atoms with E-state index in [-0.39, 0.29) is 23.8 Å². The molecular formula is C48H60N4O9. The number of nitrogens with one attached hydrogen (secondary N) is 3. The van der Waals surface area contributed by atoms with Gasteiger partial charge in [0.1, 0.15) is 40.8 Å². The van der Waals surface area contributed by atoms with Crippen LogP contribution in [0, 0.1) is 23.2 Å². The Kier molecular flexibility index (Phi) is 13.3. The maximum Gasteiger partial charge on any atom is 0.333 e. The summed E-state index contributed by atoms with van der Waals surface area (Å²) < 4.78 is 23.1. The van der Waals surface area contributed by atoms with E-state index in [2.05, 4.69) is 22.5 Å². The molecule has 0 spiro atoms. The van der Waals surface area contributed by atoms with Crippen molar-refractivity contribution in [3.8, 4) is 22.8 Å². The number of fused-ring (bicyclic) bond motifs is 1. The zero-order valence-electron chi connectivity index (χ0n) is 36.6. The molecule has 3 aliphatic rings. The van der Waals surface area contributed by atoms with E-state index in [1.165, 1.54) is 7.11 Å². The number of carbonyl (C=O) groups is 5. The molecule has 3 amide bonds. The first-order valence-electron chi connectivity index (χ1n) is 21.2. The fraction of sp³-hybridized carbons (Fsp3) is 0.500. The van der Waals surface area contributed by atoms with Crippen LogP contribution in [0.25, 0.3) is 22.2 Å². The molecule has 0 saturated heterocycles. The molecule has 2 aromatic carbocycles. The van der Waals surface area contributed by atoms with Gasteiger partial charge in [-0.2, -0.15) is 0 Å². The summed E-state index contributed by atoms with van der Waals surface area (Å²) in [6.07, 6.45) is 7.22. The van der Waals surface area contributed by atoms with Gasteiger partial charge in [0.2, 0.25) is 17.7 Å². The third kappa shape index (κ3) is 10.3. The first-order chi connectivity index (χ1) is 28.9. The molecule has 1 unspecified atom stereocenters. The van der Waals surface area contributed by atoms with Gasteiger partial charge in [0, 0.05) is 41.0 Å². The third-order valence-electron chi connectivity index (χ3n) is 11.8. The molecule has 0 aliphatic heterocycles. The topological polar surface area (TPSA) is 171 Å². The summed E-state index contributed by atoms with van der Waals surface area (Å²) in [5.41, 5.74) is -0.806. The number of hydrogen-bond acceptors (Lipinski definition) is 10. The van der Waals surface area contributed by atoms with Crippen LogP contribution in [0.5, 0.6) is 11.5 Å². The van der Waals surface area contributed by atoms with Gasteiger partial charge in [0.15, 0.2) is 0 Å². The molecule has 0 radical (unpaired) electrons. The van der Waals surface area contributed by atoms with E-state index in [1.54, 1.807) is 46.1 Å². The molecule has 1 aromatic heterocycles. The quantitative estimate of drug-likeness (QED) is 0.116. The lowest BCUT2D eigenvalue weighted by Crippen LogP contribution is -2.58. The molecular weight excluding hydrogens is 777 g/mol. The summed E-state index contributed by atoms with van der Waals surface area (Å²) in [6, 6.07) is 14.9. The normalized spacial score (nSPS) is 22.5. The second kappa shape index (κ2) is 18.1. The number of hydrogen-bond donors (Lipinski definition) is 3. The van der Waals surface area contributed by atoms with E-state index in [0.29, 0.717) is 34.5 Å². The van der Waals surface area contributed by atoms with E-state index in [9.17, 15) is 24.0 Å². The first-order valence-corrected chi connectivity index (χ1v) is 21.2. The third-order valence-corrected chi connectivity index (χ3v) is 11.8. The van der Waals surface area contributed by atoms with Crippen LogP contribution in [0.1, 0.15) is 86.5 Å². The summed E-state index contributed by atoms with van der Waals surface area (Å²) in [6.45, 7) is 14.6. The Morgan fingerprint density at radius 3 is 2.23 bits per heavy atom. The number of benzene rings is 2. The molecule has 13 nitrogen and oxygen atoms in total. The minimum atomic E-state index is -1.35. The Balaban J connectivity index is 1.34. The second-order valence-corrected chi connectivity index (χ2v) is 18.5. The Labute approximate surface area is 358 Å². The molecule has 3 N–H and O–H groups in total. The molecule has 1 heterocycles. The molecule has 326 valence electrons. The number of methoxy groups -OCH3 is 2. The van der Waals surface area contributed by atoms with Gasteiger partial charge in [-0.1, -0.05) is 76.4 Å². The van der Waals surface area contributed by atoms with Crippen molar-refractivity contribution in [2.45, 2.75) is 116 Å². The second-order valence-electron chi connectivity index (χ2n) is 18.5. The van der Waals surface area contributed by atoms with Crippen LogP contribution in [-0.2, 0) is 33.4 Å². The summed E-state index contributed by atoms with van der Waals surface area (Å²) >= 11 is 0. The Morgan fingerprint density at radius 1 is 0.918 bits per heavy atom. The smallest absolute Gasteiger partial charge is 0.333 e. The molecule has 0 bridgehead atoms. The zero-order chi connectivity index (χ0) is 44.3. The van der Waals surface area contributed by atoms with Crippen LogP contribution in [0.3, 0.4) is 0 Å². The highest BCUT2D eigenvalue weighted by Gasteiger charge is 2.62. The van der Waals surface area contributed by atoms with Gasteiger partial charge in [-0.25, -0.2) is 14.6 Å². The number of aromatic nitrogens is 1. The first kappa shape index (κ1) is 44.8. The summed E-state index contributed by atoms with van der Waals surface area (Å²) in [7, 11) is 2.87. The molecule has 61 heavy (non-hydrogen) atoms. The molecule has 13 heteroatoms. The highest BCUT2D eigenvalue weighted by Crippen LogP contribution is 2.47. The molecule has 3 aromatic rings. The lowest BCUT2D eigenvalue weighted by atomic mass is 9.82. The Hall–Kier alpha value is -5.72. The number of rotatable bonds is 14. The summed E-state index contributed by atoms with van der Waals surface area (Å²) in [4.78, 5) is 74.9. The number of ether oxygens (including phenoxy) is 4. The van der Waals surface area contributed by atoms with Crippen LogP contribution in [0.2, 0.25) is 0 Å². The lowest BCUT2D eigenvalue weighted by Gasteiger charge is -2.34. The van der Waals surface area contributed by atoms with Crippen molar-refractivity contribution >= 4 is 40.6 Å². The van der Waals surface area contributed by atoms with E-state index >= 15 is 0 Å². The molecule has 3 aliphatic carbocycles. The van der Waals surface area contributed by atoms with E-state index in [1.807, 2.05) is 69.3 Å². The predicted molar refractivity (Wildman–Crippen MR) is 231 cm³/mol. The number of pyridine rings is 1. The van der Waals surface area contributed by atoms with Gasteiger partial charge in [0.25, 0.3) is 0 Å². The SMILES string of the molecule is C=CC1C[C@]1(NC(=O)[C@@H]1C[C@@H](Oc2cc(-c3ccccc3)nc3cc(OC)ccc23)C=C1C(=O)N[C@H](C(=O)N[C@H](C(=O)OC)C1CCCCC1)C(C)(C)C)C(=O)OC(C)(C)C. The maximum absolute atomic E-state index is 14.6. The molecule has 2 saturated carbocycles. The molecule has 2 fully saturated rings. The molecule has 6 rings (SSSR count). The number of amides is 3. The average molecular weight is 837 g/mol. The average Bonchev–Trinajstić information content (AvgIpc) is 3.79. The lowest BCUT2D eigenvalue weighted by molar-refractivity contribution is -0.160. The predicted octanol–water partition coefficient (Wildman–Crippen LogP) is 6.78. The zero-order valence-corrected chi connectivity index (χ0v) is 36.6. The van der Waals surface area contributed by atoms with Crippen molar-refractivity contribution in [2.24, 2.45) is 23.2 Å². The van der Waals surface area contributed by atoms with Crippen molar-refractivity contribution in [1.82, 2.24) is 20.9 Å². The van der Waals surface area contributed by atoms with E-state index in [0.717, 1.165) is 37.7 Å². The summed E-state index contributed by atoms with van der Waals surface area (Å²) in [5, 5.41) is 9.47. The van der Waals surface area contributed by atoms with Crippen LogP contribution >= 0.6 is 0 Å². The van der Waals surface area contributed by atoms with Crippen LogP contribution in [0.4, 0.5) is 0 Å². The fourth-order valence-electron chi connectivity index (χ4n) is 8.40. The number of carbonyl (C=O) groups excluding carboxylic acids is 5. The van der Waals surface area contributed by atoms with Crippen LogP contribution in [-0.4, -0.2) is 78.2 Å². The van der Waals surface area contributed by atoms with Gasteiger partial charge in [0.05, 0.1) is 31.3 Å². The van der Waals surface area contributed by atoms with Gasteiger partial charge < -0.3 is 34.9 Å². The largest absolute Gasteiger partial charge is 0.497 e. The van der Waals surface area contributed by atoms with Gasteiger partial charge in [-0.15, -0.1) is 6.58 Å². The Bertz CT molecular complexity index is 2180. The van der Waals surface area contributed by atoms with E-state index in [4.69, 9.17) is 23.9 Å². The van der Waals surface area contributed by atoms with Gasteiger partial charge in [-0.05, 0) is 69.6 Å². The number of esters is 2. The summed E-state index contributed by atoms with van der Waals surface area (Å²) in [5.74, 6) is -3.40. The minimum Gasteiger partial charge on any atom is -0.497 e. The maximum atomic E-state index is 14.6. The van der Waals surface area contributed by atoms with Crippen molar-refractivity contribution in [3.63, 3.8) is 0 Å². The number of nitrogens with zero attached hydrogens (tertiary/aromatic N) is 1. The van der Waals surface area contributed by atoms with Crippen molar-refractivity contribution < 1.29 is 42.9 Å². The van der Waals surface area contributed by atoms with E-state index < -0.39 is 70.3 Å². The van der Waals surface area contributed by atoms with Crippen molar-refractivity contribution in [3.05, 3.63) is 78.9 Å². The van der Waals surface area contributed by atoms with Crippen LogP contribution in [0.15, 0.2) is 78.9 Å². The Morgan fingerprint density at radius 2 is 1.62 bits per heavy atom. The van der Waals surface area contributed by atoms with Crippen molar-refractivity contribution in [2.75, 3.05) is 14.2 Å². The monoisotopic (exact) mass is 836 g/mol. The van der Waals surface area contributed by atoms with Gasteiger partial charge in [-0.3, -0.25) is 14.4 Å². The molecule has 6 atom stereocenters. The minimum absolute atomic E-state index is 0.0385. The van der Waals surface area contributed by atoms with Crippen molar-refractivity contribution in [1.29, 1.82) is 0 Å². The highest BCUT2D eigenvalue weighted by atomic mass is 16.6. The fourth-order valence-corrected chi connectivity index (χ4v) is 8.40. The standard InChI is InChI=1S/C48H60N4O9/c1-10-30-27-48(30,45(57)61-47(5,6)7)52-42(54)35-24-32(60-38-26-36(28-17-13-11-14-18-28)49-37-25-31(58-8)21-22-33(37)38)23-34(35)41(53)51-40(46(2,3)4)43(55)50-39(44(56)59-9)29-19-15-12-16-20-29/h10-11,13-14,17-18,21-23,25-26,29-30,32,35,39-40H,1,12,15-16,19-20,24,27H2,2-9H3,(H,50,55)(H,51,53)(H,52,54)/t30?,32-,35+,39-,40+,48+/m0/s1.